The molecule has 3 nitrogen and oxygen atoms in total. The molecule has 1 aromatic carbocycles. The molecular weight excluding hydrogens is 362 g/mol. The topological polar surface area (TPSA) is 46.2 Å². The van der Waals surface area contributed by atoms with Crippen LogP contribution in [0.2, 0.25) is 0 Å². The number of halogens is 4. The molecule has 1 aliphatic heterocycles. The SMILES string of the molecule is O=C1NC(=O)C(c2ccc(C(F)(F)F)cc2)=C1I. The van der Waals surface area contributed by atoms with E-state index in [4.69, 9.17) is 0 Å². The maximum atomic E-state index is 12.4. The number of nitrogens with one attached hydrogen (secondary N) is 1. The molecule has 1 heterocycles. The van der Waals surface area contributed by atoms with Gasteiger partial charge in [-0.3, -0.25) is 14.9 Å². The molecule has 0 atom stereocenters. The second-order valence-corrected chi connectivity index (χ2v) is 4.63. The van der Waals surface area contributed by atoms with Crippen molar-refractivity contribution < 1.29 is 22.8 Å². The van der Waals surface area contributed by atoms with E-state index < -0.39 is 23.6 Å². The van der Waals surface area contributed by atoms with Crippen LogP contribution in [0.3, 0.4) is 0 Å². The lowest BCUT2D eigenvalue weighted by Gasteiger charge is -2.07. The van der Waals surface area contributed by atoms with Gasteiger partial charge in [-0.05, 0) is 40.3 Å². The van der Waals surface area contributed by atoms with Crippen molar-refractivity contribution in [1.29, 1.82) is 0 Å². The molecule has 0 spiro atoms. The van der Waals surface area contributed by atoms with Gasteiger partial charge in [0.25, 0.3) is 11.8 Å². The summed E-state index contributed by atoms with van der Waals surface area (Å²) in [5, 5.41) is 2.08. The Morgan fingerprint density at radius 3 is 1.94 bits per heavy atom. The quantitative estimate of drug-likeness (QED) is 0.613. The molecule has 7 heteroatoms. The van der Waals surface area contributed by atoms with E-state index in [1.807, 2.05) is 0 Å². The summed E-state index contributed by atoms with van der Waals surface area (Å²) in [7, 11) is 0. The first-order chi connectivity index (χ1) is 8.30. The van der Waals surface area contributed by atoms with Crippen molar-refractivity contribution in [2.24, 2.45) is 0 Å². The summed E-state index contributed by atoms with van der Waals surface area (Å²) in [5.41, 5.74) is -0.406. The van der Waals surface area contributed by atoms with Crippen LogP contribution in [0.1, 0.15) is 11.1 Å². The van der Waals surface area contributed by atoms with Crippen molar-refractivity contribution in [3.05, 3.63) is 39.0 Å². The predicted octanol–water partition coefficient (Wildman–Crippen LogP) is 2.51. The third-order valence-corrected chi connectivity index (χ3v) is 3.40. The number of imide groups is 1. The van der Waals surface area contributed by atoms with Gasteiger partial charge in [0.05, 0.1) is 14.7 Å². The average molecular weight is 367 g/mol. The van der Waals surface area contributed by atoms with Gasteiger partial charge in [-0.15, -0.1) is 0 Å². The van der Waals surface area contributed by atoms with Gasteiger partial charge in [-0.1, -0.05) is 12.1 Å². The van der Waals surface area contributed by atoms with E-state index in [1.54, 1.807) is 22.6 Å². The highest BCUT2D eigenvalue weighted by Gasteiger charge is 2.32. The molecule has 1 N–H and O–H groups in total. The summed E-state index contributed by atoms with van der Waals surface area (Å²) >= 11 is 1.69. The largest absolute Gasteiger partial charge is 0.416 e. The minimum Gasteiger partial charge on any atom is -0.288 e. The molecule has 0 bridgehead atoms. The number of alkyl halides is 3. The fraction of sp³-hybridized carbons (Fsp3) is 0.0909. The summed E-state index contributed by atoms with van der Waals surface area (Å²) < 4.78 is 37.3. The third kappa shape index (κ3) is 2.26. The molecular formula is C11H5F3INO2. The lowest BCUT2D eigenvalue weighted by atomic mass is 10.0. The van der Waals surface area contributed by atoms with Crippen LogP contribution >= 0.6 is 22.6 Å². The summed E-state index contributed by atoms with van der Waals surface area (Å²) in [4.78, 5) is 22.7. The van der Waals surface area contributed by atoms with Gasteiger partial charge in [-0.2, -0.15) is 13.2 Å². The summed E-state index contributed by atoms with van der Waals surface area (Å²) in [6.07, 6.45) is -4.42. The van der Waals surface area contributed by atoms with E-state index in [-0.39, 0.29) is 14.7 Å². The van der Waals surface area contributed by atoms with Gasteiger partial charge >= 0.3 is 6.18 Å². The van der Waals surface area contributed by atoms with Gasteiger partial charge in [0.1, 0.15) is 0 Å². The highest BCUT2D eigenvalue weighted by atomic mass is 127. The number of rotatable bonds is 1. The second-order valence-electron chi connectivity index (χ2n) is 3.55. The van der Waals surface area contributed by atoms with Crippen LogP contribution in [0.4, 0.5) is 13.2 Å². The molecule has 0 aromatic heterocycles. The molecule has 0 saturated heterocycles. The van der Waals surface area contributed by atoms with E-state index in [0.717, 1.165) is 12.1 Å². The normalized spacial score (nSPS) is 16.2. The number of hydrogen-bond donors (Lipinski definition) is 1. The average Bonchev–Trinajstić information content (AvgIpc) is 2.52. The number of carbonyl (C=O) groups is 2. The van der Waals surface area contributed by atoms with Crippen LogP contribution in [0.25, 0.3) is 5.57 Å². The number of amides is 2. The second kappa shape index (κ2) is 4.38. The summed E-state index contributed by atoms with van der Waals surface area (Å²) in [5.74, 6) is -1.13. The monoisotopic (exact) mass is 367 g/mol. The van der Waals surface area contributed by atoms with Crippen LogP contribution < -0.4 is 5.32 Å². The van der Waals surface area contributed by atoms with Crippen molar-refractivity contribution in [1.82, 2.24) is 5.32 Å². The zero-order chi connectivity index (χ0) is 13.5. The van der Waals surface area contributed by atoms with Crippen molar-refractivity contribution in [3.63, 3.8) is 0 Å². The molecule has 0 radical (unpaired) electrons. The number of hydrogen-bond acceptors (Lipinski definition) is 2. The number of carbonyl (C=O) groups excluding carboxylic acids is 2. The molecule has 2 amide bonds. The predicted molar refractivity (Wildman–Crippen MR) is 65.5 cm³/mol. The molecule has 94 valence electrons. The fourth-order valence-corrected chi connectivity index (χ4v) is 2.21. The molecule has 0 fully saturated rings. The minimum absolute atomic E-state index is 0.106. The molecule has 0 saturated carbocycles. The van der Waals surface area contributed by atoms with Gasteiger partial charge in [-0.25, -0.2) is 0 Å². The van der Waals surface area contributed by atoms with E-state index in [0.29, 0.717) is 0 Å². The summed E-state index contributed by atoms with van der Waals surface area (Å²) in [6.45, 7) is 0. The van der Waals surface area contributed by atoms with Crippen LogP contribution in [0, 0.1) is 0 Å². The molecule has 1 aliphatic rings. The van der Waals surface area contributed by atoms with Gasteiger partial charge in [0.2, 0.25) is 0 Å². The zero-order valence-corrected chi connectivity index (χ0v) is 10.8. The lowest BCUT2D eigenvalue weighted by molar-refractivity contribution is -0.137. The van der Waals surface area contributed by atoms with Crippen molar-refractivity contribution in [2.75, 3.05) is 0 Å². The van der Waals surface area contributed by atoms with Crippen LogP contribution in [0.15, 0.2) is 27.8 Å². The van der Waals surface area contributed by atoms with E-state index in [2.05, 4.69) is 5.32 Å². The number of benzene rings is 1. The Hall–Kier alpha value is -1.38. The Labute approximate surface area is 113 Å². The highest BCUT2D eigenvalue weighted by Crippen LogP contribution is 2.32. The van der Waals surface area contributed by atoms with Crippen LogP contribution in [-0.2, 0) is 15.8 Å². The van der Waals surface area contributed by atoms with Gasteiger partial charge < -0.3 is 0 Å². The van der Waals surface area contributed by atoms with E-state index >= 15 is 0 Å². The first-order valence-corrected chi connectivity index (χ1v) is 5.81. The van der Waals surface area contributed by atoms with Crippen LogP contribution in [0.5, 0.6) is 0 Å². The van der Waals surface area contributed by atoms with Crippen LogP contribution in [-0.4, -0.2) is 11.8 Å². The van der Waals surface area contributed by atoms with Crippen molar-refractivity contribution in [3.8, 4) is 0 Å². The Morgan fingerprint density at radius 2 is 1.56 bits per heavy atom. The molecule has 1 aromatic rings. The van der Waals surface area contributed by atoms with Crippen molar-refractivity contribution >= 4 is 40.0 Å². The van der Waals surface area contributed by atoms with E-state index in [9.17, 15) is 22.8 Å². The molecule has 2 rings (SSSR count). The fourth-order valence-electron chi connectivity index (χ4n) is 1.52. The zero-order valence-electron chi connectivity index (χ0n) is 8.64. The minimum atomic E-state index is -4.42. The highest BCUT2D eigenvalue weighted by molar-refractivity contribution is 14.1. The first-order valence-electron chi connectivity index (χ1n) is 4.74. The Kier molecular flexibility index (Phi) is 3.18. The molecule has 18 heavy (non-hydrogen) atoms. The Balaban J connectivity index is 2.43. The lowest BCUT2D eigenvalue weighted by Crippen LogP contribution is -2.22. The maximum Gasteiger partial charge on any atom is 0.416 e. The van der Waals surface area contributed by atoms with Gasteiger partial charge in [0.15, 0.2) is 0 Å². The van der Waals surface area contributed by atoms with E-state index in [1.165, 1.54) is 12.1 Å². The molecule has 0 unspecified atom stereocenters. The first kappa shape index (κ1) is 13.1. The Morgan fingerprint density at radius 1 is 1.00 bits per heavy atom. The smallest absolute Gasteiger partial charge is 0.288 e. The standard InChI is InChI=1S/C11H5F3INO2/c12-11(13,14)6-3-1-5(2-4-6)7-8(15)10(18)16-9(7)17/h1-4H,(H,16,17,18). The maximum absolute atomic E-state index is 12.4. The summed E-state index contributed by atoms with van der Waals surface area (Å²) in [6, 6.07) is 4.11. The third-order valence-electron chi connectivity index (χ3n) is 2.37. The van der Waals surface area contributed by atoms with Gasteiger partial charge in [0, 0.05) is 0 Å². The van der Waals surface area contributed by atoms with Crippen molar-refractivity contribution in [2.45, 2.75) is 6.18 Å². The molecule has 0 aliphatic carbocycles. The Bertz CT molecular complexity index is 561.